The SMILES string of the molecule is N#Cc1cc(C#C[C@@](O)(c2cc(Cl)cc(Cl)c2)C(F)(F)F)ccc1-n1cncn1. The lowest BCUT2D eigenvalue weighted by molar-refractivity contribution is -0.240. The van der Waals surface area contributed by atoms with Gasteiger partial charge >= 0.3 is 6.18 Å². The molecule has 0 spiro atoms. The highest BCUT2D eigenvalue weighted by molar-refractivity contribution is 6.34. The van der Waals surface area contributed by atoms with Gasteiger partial charge in [-0.05, 0) is 42.3 Å². The van der Waals surface area contributed by atoms with Gasteiger partial charge in [0.1, 0.15) is 18.7 Å². The summed E-state index contributed by atoms with van der Waals surface area (Å²) in [5.41, 5.74) is -3.55. The molecular formula is C19H9Cl2F3N4O. The molecule has 5 nitrogen and oxygen atoms in total. The molecule has 0 saturated heterocycles. The van der Waals surface area contributed by atoms with E-state index < -0.39 is 17.3 Å². The number of hydrogen-bond acceptors (Lipinski definition) is 4. The highest BCUT2D eigenvalue weighted by atomic mass is 35.5. The maximum atomic E-state index is 13.6. The maximum absolute atomic E-state index is 13.6. The zero-order valence-electron chi connectivity index (χ0n) is 14.2. The van der Waals surface area contributed by atoms with E-state index in [9.17, 15) is 23.5 Å². The minimum absolute atomic E-state index is 0.0825. The average molecular weight is 437 g/mol. The topological polar surface area (TPSA) is 74.7 Å². The van der Waals surface area contributed by atoms with Crippen LogP contribution in [0.5, 0.6) is 0 Å². The molecule has 0 amide bonds. The Morgan fingerprint density at radius 1 is 1.07 bits per heavy atom. The molecule has 1 heterocycles. The fourth-order valence-corrected chi connectivity index (χ4v) is 2.99. The molecule has 1 atom stereocenters. The lowest BCUT2D eigenvalue weighted by Crippen LogP contribution is -2.41. The Bertz CT molecular complexity index is 1140. The Morgan fingerprint density at radius 2 is 1.76 bits per heavy atom. The first-order valence-electron chi connectivity index (χ1n) is 7.82. The van der Waals surface area contributed by atoms with E-state index in [4.69, 9.17) is 23.2 Å². The Balaban J connectivity index is 2.08. The Labute approximate surface area is 172 Å². The fourth-order valence-electron chi connectivity index (χ4n) is 2.47. The number of hydrogen-bond donors (Lipinski definition) is 1. The highest BCUT2D eigenvalue weighted by Crippen LogP contribution is 2.40. The van der Waals surface area contributed by atoms with E-state index in [-0.39, 0.29) is 21.2 Å². The van der Waals surface area contributed by atoms with E-state index in [1.54, 1.807) is 0 Å². The second kappa shape index (κ2) is 7.76. The van der Waals surface area contributed by atoms with Crippen LogP contribution in [0.15, 0.2) is 49.1 Å². The third kappa shape index (κ3) is 4.20. The number of alkyl halides is 3. The van der Waals surface area contributed by atoms with E-state index in [0.29, 0.717) is 5.69 Å². The summed E-state index contributed by atoms with van der Waals surface area (Å²) in [7, 11) is 0. The van der Waals surface area contributed by atoms with Gasteiger partial charge in [0.25, 0.3) is 0 Å². The van der Waals surface area contributed by atoms with Crippen LogP contribution in [0.3, 0.4) is 0 Å². The first-order valence-corrected chi connectivity index (χ1v) is 8.57. The van der Waals surface area contributed by atoms with E-state index in [2.05, 4.69) is 16.0 Å². The molecule has 0 unspecified atom stereocenters. The minimum Gasteiger partial charge on any atom is -0.366 e. The number of benzene rings is 2. The van der Waals surface area contributed by atoms with Crippen molar-refractivity contribution in [2.45, 2.75) is 11.8 Å². The van der Waals surface area contributed by atoms with E-state index in [1.807, 2.05) is 12.0 Å². The monoisotopic (exact) mass is 436 g/mol. The smallest absolute Gasteiger partial charge is 0.366 e. The molecule has 1 aromatic heterocycles. The fraction of sp³-hybridized carbons (Fsp3) is 0.105. The zero-order valence-corrected chi connectivity index (χ0v) is 15.8. The van der Waals surface area contributed by atoms with Crippen LogP contribution in [0.25, 0.3) is 5.69 Å². The van der Waals surface area contributed by atoms with Crippen LogP contribution in [0.1, 0.15) is 16.7 Å². The second-order valence-electron chi connectivity index (χ2n) is 5.80. The predicted octanol–water partition coefficient (Wildman–Crippen LogP) is 4.25. The van der Waals surface area contributed by atoms with Crippen LogP contribution in [-0.4, -0.2) is 26.0 Å². The van der Waals surface area contributed by atoms with Crippen molar-refractivity contribution in [1.29, 1.82) is 5.26 Å². The second-order valence-corrected chi connectivity index (χ2v) is 6.67. The van der Waals surface area contributed by atoms with E-state index in [0.717, 1.165) is 12.1 Å². The number of aromatic nitrogens is 3. The molecular weight excluding hydrogens is 428 g/mol. The third-order valence-corrected chi connectivity index (χ3v) is 4.30. The van der Waals surface area contributed by atoms with Crippen molar-refractivity contribution in [2.24, 2.45) is 0 Å². The Kier molecular flexibility index (Phi) is 5.54. The molecule has 0 aliphatic carbocycles. The minimum atomic E-state index is -5.13. The molecule has 146 valence electrons. The van der Waals surface area contributed by atoms with Gasteiger partial charge < -0.3 is 5.11 Å². The average Bonchev–Trinajstić information content (AvgIpc) is 3.18. The first kappa shape index (κ1) is 20.7. The molecule has 0 aliphatic heterocycles. The summed E-state index contributed by atoms with van der Waals surface area (Å²) in [4.78, 5) is 3.77. The highest BCUT2D eigenvalue weighted by Gasteiger charge is 2.54. The molecule has 0 aliphatic rings. The zero-order chi connectivity index (χ0) is 21.2. The molecule has 0 fully saturated rings. The van der Waals surface area contributed by atoms with Gasteiger partial charge in [-0.3, -0.25) is 0 Å². The van der Waals surface area contributed by atoms with Gasteiger partial charge in [0, 0.05) is 21.2 Å². The number of nitriles is 1. The summed E-state index contributed by atoms with van der Waals surface area (Å²) >= 11 is 11.5. The number of halogens is 5. The lowest BCUT2D eigenvalue weighted by atomic mass is 9.93. The lowest BCUT2D eigenvalue weighted by Gasteiger charge is -2.26. The number of aliphatic hydroxyl groups is 1. The summed E-state index contributed by atoms with van der Waals surface area (Å²) in [5.74, 6) is 4.12. The van der Waals surface area contributed by atoms with Crippen molar-refractivity contribution in [3.63, 3.8) is 0 Å². The van der Waals surface area contributed by atoms with Gasteiger partial charge in [0.2, 0.25) is 5.60 Å². The van der Waals surface area contributed by atoms with Gasteiger partial charge in [-0.2, -0.15) is 23.5 Å². The summed E-state index contributed by atoms with van der Waals surface area (Å²) in [6.45, 7) is 0. The largest absolute Gasteiger partial charge is 0.433 e. The van der Waals surface area contributed by atoms with Crippen LogP contribution in [0.2, 0.25) is 10.0 Å². The molecule has 0 radical (unpaired) electrons. The normalized spacial score (nSPS) is 13.1. The van der Waals surface area contributed by atoms with Gasteiger partial charge in [-0.1, -0.05) is 29.1 Å². The van der Waals surface area contributed by atoms with E-state index in [1.165, 1.54) is 41.6 Å². The van der Waals surface area contributed by atoms with Gasteiger partial charge in [-0.25, -0.2) is 9.67 Å². The molecule has 29 heavy (non-hydrogen) atoms. The molecule has 1 N–H and O–H groups in total. The first-order chi connectivity index (χ1) is 13.6. The molecule has 3 rings (SSSR count). The van der Waals surface area contributed by atoms with Crippen LogP contribution in [0.4, 0.5) is 13.2 Å². The Hall–Kier alpha value is -3.04. The summed E-state index contributed by atoms with van der Waals surface area (Å²) < 4.78 is 42.3. The number of rotatable bonds is 2. The van der Waals surface area contributed by atoms with Crippen molar-refractivity contribution in [3.8, 4) is 23.6 Å². The standard InChI is InChI=1S/C19H9Cl2F3N4O/c20-15-6-14(7-16(21)8-15)18(29,19(22,23)24)4-3-12-1-2-17(13(5-12)9-25)28-11-26-10-27-28/h1-2,5-8,10-11,29H/t18-/m1/s1. The summed E-state index contributed by atoms with van der Waals surface area (Å²) in [5, 5.41) is 23.4. The molecule has 0 saturated carbocycles. The molecule has 0 bridgehead atoms. The summed E-state index contributed by atoms with van der Waals surface area (Å²) in [6, 6.07) is 9.16. The van der Waals surface area contributed by atoms with Crippen molar-refractivity contribution >= 4 is 23.2 Å². The third-order valence-electron chi connectivity index (χ3n) is 3.86. The van der Waals surface area contributed by atoms with Crippen LogP contribution in [-0.2, 0) is 5.60 Å². The van der Waals surface area contributed by atoms with Crippen molar-refractivity contribution < 1.29 is 18.3 Å². The number of nitrogens with zero attached hydrogens (tertiary/aromatic N) is 4. The van der Waals surface area contributed by atoms with E-state index >= 15 is 0 Å². The van der Waals surface area contributed by atoms with Crippen LogP contribution in [0, 0.1) is 23.2 Å². The van der Waals surface area contributed by atoms with Crippen molar-refractivity contribution in [1.82, 2.24) is 14.8 Å². The van der Waals surface area contributed by atoms with Crippen molar-refractivity contribution in [2.75, 3.05) is 0 Å². The van der Waals surface area contributed by atoms with Crippen LogP contribution < -0.4 is 0 Å². The Morgan fingerprint density at radius 3 is 2.31 bits per heavy atom. The maximum Gasteiger partial charge on any atom is 0.433 e. The molecule has 10 heteroatoms. The molecule has 2 aromatic carbocycles. The van der Waals surface area contributed by atoms with Crippen molar-refractivity contribution in [3.05, 3.63) is 75.8 Å². The van der Waals surface area contributed by atoms with Gasteiger partial charge in [-0.15, -0.1) is 0 Å². The predicted molar refractivity (Wildman–Crippen MR) is 99.4 cm³/mol. The summed E-state index contributed by atoms with van der Waals surface area (Å²) in [6.07, 6.45) is -2.49. The molecule has 3 aromatic rings. The van der Waals surface area contributed by atoms with Gasteiger partial charge in [0.15, 0.2) is 0 Å². The quantitative estimate of drug-likeness (QED) is 0.609. The van der Waals surface area contributed by atoms with Crippen LogP contribution >= 0.6 is 23.2 Å². The van der Waals surface area contributed by atoms with Gasteiger partial charge in [0.05, 0.1) is 11.3 Å².